The molecule has 0 atom stereocenters. The predicted octanol–water partition coefficient (Wildman–Crippen LogP) is -0.714. The second-order valence-corrected chi connectivity index (χ2v) is 3.32. The maximum absolute atomic E-state index is 8.93. The van der Waals surface area contributed by atoms with Gasteiger partial charge < -0.3 is 15.3 Å². The van der Waals surface area contributed by atoms with Gasteiger partial charge in [-0.1, -0.05) is 20.8 Å². The molecule has 0 N–H and O–H groups in total. The molecule has 15 heavy (non-hydrogen) atoms. The van der Waals surface area contributed by atoms with Crippen molar-refractivity contribution >= 4 is 32.6 Å². The van der Waals surface area contributed by atoms with Gasteiger partial charge in [0.25, 0.3) is 0 Å². The third kappa shape index (κ3) is 2800. The quantitative estimate of drug-likeness (QED) is 0.531. The fraction of sp³-hybridized carbons (Fsp3) is 1.00. The van der Waals surface area contributed by atoms with E-state index in [4.69, 9.17) is 15.3 Å². The van der Waals surface area contributed by atoms with Crippen molar-refractivity contribution in [3.8, 4) is 0 Å². The first-order chi connectivity index (χ1) is 7.07. The van der Waals surface area contributed by atoms with Gasteiger partial charge in [-0.3, -0.25) is 0 Å². The molecule has 5 heteroatoms. The number of hydrogen-bond donors (Lipinski definition) is 0. The van der Waals surface area contributed by atoms with Gasteiger partial charge in [-0.05, 0) is 0 Å². The van der Waals surface area contributed by atoms with E-state index in [0.717, 1.165) is 0 Å². The Morgan fingerprint density at radius 1 is 0.600 bits per heavy atom. The van der Waals surface area contributed by atoms with Gasteiger partial charge in [0.15, 0.2) is 0 Å². The van der Waals surface area contributed by atoms with E-state index in [9.17, 15) is 0 Å². The van der Waals surface area contributed by atoms with E-state index in [-0.39, 0.29) is 19.8 Å². The first kappa shape index (κ1) is 29.7. The summed E-state index contributed by atoms with van der Waals surface area (Å²) in [5.41, 5.74) is 0. The van der Waals surface area contributed by atoms with Crippen LogP contribution < -0.4 is 15.3 Å². The van der Waals surface area contributed by atoms with Gasteiger partial charge in [0.05, 0.1) is 0 Å². The van der Waals surface area contributed by atoms with Crippen LogP contribution >= 0.6 is 0 Å². The summed E-state index contributed by atoms with van der Waals surface area (Å²) in [7, 11) is 0. The van der Waals surface area contributed by atoms with Gasteiger partial charge >= 0.3 is 57.0 Å². The van der Waals surface area contributed by atoms with E-state index < -0.39 is 0 Å². The maximum atomic E-state index is 8.93. The minimum atomic E-state index is 0. The molecule has 0 radical (unpaired) electrons. The second-order valence-electron chi connectivity index (χ2n) is 1.68. The van der Waals surface area contributed by atoms with Crippen molar-refractivity contribution in [3.63, 3.8) is 0 Å². The molecule has 0 unspecified atom stereocenters. The van der Waals surface area contributed by atoms with Crippen LogP contribution in [-0.4, -0.2) is 52.4 Å². The molecule has 88 valence electrons. The third-order valence-corrected chi connectivity index (χ3v) is 0. The molecule has 0 aromatic heterocycles. The van der Waals surface area contributed by atoms with Crippen molar-refractivity contribution in [3.05, 3.63) is 0 Å². The fourth-order valence-corrected chi connectivity index (χ4v) is 0. The van der Waals surface area contributed by atoms with Crippen molar-refractivity contribution in [2.45, 2.75) is 45.2 Å². The zero-order chi connectivity index (χ0) is 13.5. The molecular weight excluding hydrogens is 222 g/mol. The molecule has 0 amide bonds. The normalized spacial score (nSPS) is 6.13. The van der Waals surface area contributed by atoms with Gasteiger partial charge in [-0.2, -0.15) is 0 Å². The first-order valence-electron chi connectivity index (χ1n) is 5.22. The van der Waals surface area contributed by atoms with Crippen LogP contribution in [0.4, 0.5) is 0 Å². The molecule has 0 aromatic rings. The summed E-state index contributed by atoms with van der Waals surface area (Å²) in [6.45, 7) is 8.88. The molecule has 0 aliphatic heterocycles. The molecule has 3 nitrogen and oxygen atoms in total. The molecule has 0 rings (SSSR count). The minimum absolute atomic E-state index is 0. The van der Waals surface area contributed by atoms with Gasteiger partial charge in [0.2, 0.25) is 0 Å². The summed E-state index contributed by atoms with van der Waals surface area (Å²) < 4.78 is 0. The van der Waals surface area contributed by atoms with Crippen molar-refractivity contribution in [2.75, 3.05) is 19.8 Å². The average molecular weight is 247 g/mol. The van der Waals surface area contributed by atoms with Crippen LogP contribution in [0.2, 0.25) is 10.6 Å². The average Bonchev–Trinajstić information content (AvgIpc) is 2.09. The van der Waals surface area contributed by atoms with Crippen molar-refractivity contribution < 1.29 is 15.3 Å². The summed E-state index contributed by atoms with van der Waals surface area (Å²) in [4.78, 5) is 0. The molecule has 0 bridgehead atoms. The Balaban J connectivity index is -0.0000000278. The first-order valence-corrected chi connectivity index (χ1v) is 6.85. The van der Waals surface area contributed by atoms with Crippen LogP contribution in [-0.2, 0) is 0 Å². The second kappa shape index (κ2) is 82.2. The van der Waals surface area contributed by atoms with Gasteiger partial charge in [0, 0.05) is 0 Å². The number of hydrogen-bond acceptors (Lipinski definition) is 3. The van der Waals surface area contributed by atoms with Crippen LogP contribution in [0.15, 0.2) is 0 Å². The van der Waals surface area contributed by atoms with Crippen molar-refractivity contribution in [2.24, 2.45) is 0 Å². The Bertz CT molecular complexity index is 30.2. The van der Waals surface area contributed by atoms with E-state index in [1.54, 1.807) is 20.8 Å². The van der Waals surface area contributed by atoms with Crippen LogP contribution in [0, 0.1) is 0 Å². The van der Waals surface area contributed by atoms with Crippen molar-refractivity contribution in [1.82, 2.24) is 0 Å². The fourth-order valence-electron chi connectivity index (χ4n) is 0. The van der Waals surface area contributed by atoms with Crippen LogP contribution in [0.1, 0.15) is 34.6 Å². The predicted molar refractivity (Wildman–Crippen MR) is 64.1 cm³/mol. The Labute approximate surface area is 113 Å². The van der Waals surface area contributed by atoms with E-state index in [2.05, 4.69) is 46.4 Å². The van der Waals surface area contributed by atoms with Crippen molar-refractivity contribution in [1.29, 1.82) is 0 Å². The van der Waals surface area contributed by atoms with Gasteiger partial charge in [-0.25, -0.2) is 0 Å². The summed E-state index contributed by atoms with van der Waals surface area (Å²) in [6, 6.07) is 0. The summed E-state index contributed by atoms with van der Waals surface area (Å²) in [5, 5.41) is 29.1. The molecule has 0 fully saturated rings. The molecule has 0 saturated heterocycles. The number of rotatable bonds is 0. The molecule has 0 aliphatic rings. The molecule has 0 aliphatic carbocycles. The molecule has 0 aromatic carbocycles. The topological polar surface area (TPSA) is 69.2 Å². The molecule has 0 spiro atoms. The Hall–Kier alpha value is 0.945. The Morgan fingerprint density at radius 2 is 0.600 bits per heavy atom. The zero-order valence-electron chi connectivity index (χ0n) is 10.9. The Kier molecular flexibility index (Phi) is 163. The molecule has 0 heterocycles. The van der Waals surface area contributed by atoms with Crippen LogP contribution in [0.5, 0.6) is 0 Å². The monoisotopic (exact) mass is 247 g/mol. The van der Waals surface area contributed by atoms with E-state index in [1.165, 1.54) is 10.6 Å². The van der Waals surface area contributed by atoms with E-state index in [0.29, 0.717) is 0 Å². The van der Waals surface area contributed by atoms with E-state index >= 15 is 0 Å². The standard InChI is InChI=1S/3C2H5O.2C2H5.2Al/c3*1-2-3;2*1-2;;/h3*2H2,1H3;2*1H2,2H3;;/q3*-1;;;2*+2. The van der Waals surface area contributed by atoms with E-state index in [1.807, 2.05) is 0 Å². The summed E-state index contributed by atoms with van der Waals surface area (Å²) in [6.07, 6.45) is 0. The van der Waals surface area contributed by atoms with Gasteiger partial charge in [-0.15, -0.1) is 19.8 Å². The molecular formula is C10H25Al2O3+. The Morgan fingerprint density at radius 3 is 0.600 bits per heavy atom. The van der Waals surface area contributed by atoms with Gasteiger partial charge in [0.1, 0.15) is 0 Å². The molecule has 0 saturated carbocycles. The zero-order valence-corrected chi connectivity index (χ0v) is 13.2. The summed E-state index contributed by atoms with van der Waals surface area (Å²) in [5.74, 6) is 0. The van der Waals surface area contributed by atoms with Crippen LogP contribution in [0.3, 0.4) is 0 Å². The van der Waals surface area contributed by atoms with Crippen LogP contribution in [0.25, 0.3) is 0 Å². The SMILES string of the molecule is CC[O-].CC[O-].CC[O-].C[CH2][Al+2].C[CH2][Al+2]. The summed E-state index contributed by atoms with van der Waals surface area (Å²) >= 11 is 5.16. The third-order valence-electron chi connectivity index (χ3n) is 0.